The average molecular weight is 242 g/mol. The Morgan fingerprint density at radius 3 is 2.85 bits per heavy atom. The van der Waals surface area contributed by atoms with Crippen LogP contribution in [-0.4, -0.2) is 10.2 Å². The fraction of sp³-hybridized carbons (Fsp3) is 0.125. The molecule has 0 bridgehead atoms. The van der Waals surface area contributed by atoms with Crippen molar-refractivity contribution in [1.29, 1.82) is 0 Å². The molecule has 13 heavy (non-hydrogen) atoms. The van der Waals surface area contributed by atoms with E-state index in [2.05, 4.69) is 26.1 Å². The van der Waals surface area contributed by atoms with Gasteiger partial charge in [-0.05, 0) is 34.5 Å². The van der Waals surface area contributed by atoms with Crippen molar-refractivity contribution in [3.8, 4) is 11.5 Å². The van der Waals surface area contributed by atoms with E-state index in [0.29, 0.717) is 10.4 Å². The lowest BCUT2D eigenvalue weighted by atomic mass is 10.2. The van der Waals surface area contributed by atoms with Crippen molar-refractivity contribution in [3.05, 3.63) is 22.5 Å². The standard InChI is InChI=1S/C8H8BrN3O/c1-4-2-6(9)13-8(4)7-5(10)3-11-12-7/h2-3H,10H2,1H3,(H,11,12). The molecule has 0 aliphatic carbocycles. The Morgan fingerprint density at radius 2 is 2.38 bits per heavy atom. The molecule has 0 aliphatic heterocycles. The van der Waals surface area contributed by atoms with Gasteiger partial charge in [-0.1, -0.05) is 0 Å². The predicted molar refractivity (Wildman–Crippen MR) is 53.1 cm³/mol. The van der Waals surface area contributed by atoms with Gasteiger partial charge in [-0.25, -0.2) is 0 Å². The van der Waals surface area contributed by atoms with Gasteiger partial charge in [0.1, 0.15) is 5.69 Å². The van der Waals surface area contributed by atoms with Gasteiger partial charge in [-0.3, -0.25) is 5.10 Å². The van der Waals surface area contributed by atoms with Crippen molar-refractivity contribution in [3.63, 3.8) is 0 Å². The second kappa shape index (κ2) is 2.92. The molecule has 2 heterocycles. The summed E-state index contributed by atoms with van der Waals surface area (Å²) in [6.07, 6.45) is 1.56. The molecule has 0 aliphatic rings. The fourth-order valence-electron chi connectivity index (χ4n) is 1.17. The van der Waals surface area contributed by atoms with E-state index in [-0.39, 0.29) is 0 Å². The van der Waals surface area contributed by atoms with Crippen molar-refractivity contribution in [2.45, 2.75) is 6.92 Å². The summed E-state index contributed by atoms with van der Waals surface area (Å²) < 4.78 is 6.09. The van der Waals surface area contributed by atoms with Gasteiger partial charge in [0, 0.05) is 0 Å². The average Bonchev–Trinajstić information content (AvgIpc) is 2.58. The molecule has 68 valence electrons. The molecule has 2 aromatic rings. The van der Waals surface area contributed by atoms with Crippen LogP contribution in [0, 0.1) is 6.92 Å². The van der Waals surface area contributed by atoms with E-state index in [1.165, 1.54) is 0 Å². The SMILES string of the molecule is Cc1cc(Br)oc1-c1[nH]ncc1N. The maximum Gasteiger partial charge on any atom is 0.170 e. The zero-order valence-electron chi connectivity index (χ0n) is 6.97. The van der Waals surface area contributed by atoms with Crippen LogP contribution < -0.4 is 5.73 Å². The van der Waals surface area contributed by atoms with Crippen LogP contribution in [0.1, 0.15) is 5.56 Å². The summed E-state index contributed by atoms with van der Waals surface area (Å²) in [6, 6.07) is 1.88. The number of nitrogen functional groups attached to an aromatic ring is 1. The van der Waals surface area contributed by atoms with Crippen LogP contribution in [-0.2, 0) is 0 Å². The number of nitrogens with one attached hydrogen (secondary N) is 1. The highest BCUT2D eigenvalue weighted by molar-refractivity contribution is 9.10. The lowest BCUT2D eigenvalue weighted by molar-refractivity contribution is 0.552. The number of rotatable bonds is 1. The third-order valence-electron chi connectivity index (χ3n) is 1.78. The van der Waals surface area contributed by atoms with Crippen molar-refractivity contribution in [2.24, 2.45) is 0 Å². The molecule has 0 unspecified atom stereocenters. The molecule has 0 spiro atoms. The molecule has 0 aromatic carbocycles. The lowest BCUT2D eigenvalue weighted by Crippen LogP contribution is -1.86. The third kappa shape index (κ3) is 1.35. The number of nitrogens with two attached hydrogens (primary N) is 1. The lowest BCUT2D eigenvalue weighted by Gasteiger charge is -1.94. The molecule has 4 nitrogen and oxygen atoms in total. The van der Waals surface area contributed by atoms with Crippen molar-refractivity contribution >= 4 is 21.6 Å². The maximum atomic E-state index is 5.68. The summed E-state index contributed by atoms with van der Waals surface area (Å²) in [4.78, 5) is 0. The molecule has 0 atom stereocenters. The molecular formula is C8H8BrN3O. The molecule has 0 saturated heterocycles. The molecule has 0 radical (unpaired) electrons. The Labute approximate surface area is 83.3 Å². The molecule has 0 amide bonds. The minimum atomic E-state index is 0.588. The van der Waals surface area contributed by atoms with Crippen LogP contribution in [0.25, 0.3) is 11.5 Å². The molecule has 3 N–H and O–H groups in total. The zero-order chi connectivity index (χ0) is 9.42. The summed E-state index contributed by atoms with van der Waals surface area (Å²) >= 11 is 3.25. The Balaban J connectivity index is 2.58. The molecule has 0 fully saturated rings. The van der Waals surface area contributed by atoms with Crippen molar-refractivity contribution in [2.75, 3.05) is 5.73 Å². The number of anilines is 1. The van der Waals surface area contributed by atoms with Crippen LogP contribution in [0.3, 0.4) is 0 Å². The summed E-state index contributed by atoms with van der Waals surface area (Å²) in [6.45, 7) is 1.95. The topological polar surface area (TPSA) is 67.8 Å². The first-order valence-corrected chi connectivity index (χ1v) is 4.53. The Hall–Kier alpha value is -1.23. The Bertz CT molecular complexity index is 432. The van der Waals surface area contributed by atoms with Gasteiger partial charge in [0.2, 0.25) is 0 Å². The Morgan fingerprint density at radius 1 is 1.62 bits per heavy atom. The summed E-state index contributed by atoms with van der Waals surface area (Å²) in [5.41, 5.74) is 8.01. The van der Waals surface area contributed by atoms with Gasteiger partial charge in [0.15, 0.2) is 10.4 Å². The number of nitrogens with zero attached hydrogens (tertiary/aromatic N) is 1. The molecule has 2 aromatic heterocycles. The van der Waals surface area contributed by atoms with E-state index < -0.39 is 0 Å². The fourth-order valence-corrected chi connectivity index (χ4v) is 1.67. The van der Waals surface area contributed by atoms with Crippen LogP contribution in [0.4, 0.5) is 5.69 Å². The largest absolute Gasteiger partial charge is 0.447 e. The first-order valence-electron chi connectivity index (χ1n) is 3.73. The van der Waals surface area contributed by atoms with E-state index in [0.717, 1.165) is 17.0 Å². The first-order chi connectivity index (χ1) is 6.18. The van der Waals surface area contributed by atoms with E-state index in [4.69, 9.17) is 10.2 Å². The second-order valence-electron chi connectivity index (χ2n) is 2.76. The number of H-pyrrole nitrogens is 1. The van der Waals surface area contributed by atoms with Crippen molar-refractivity contribution < 1.29 is 4.42 Å². The van der Waals surface area contributed by atoms with Crippen LogP contribution >= 0.6 is 15.9 Å². The number of hydrogen-bond donors (Lipinski definition) is 2. The van der Waals surface area contributed by atoms with Crippen molar-refractivity contribution in [1.82, 2.24) is 10.2 Å². The van der Waals surface area contributed by atoms with Gasteiger partial charge < -0.3 is 10.2 Å². The summed E-state index contributed by atoms with van der Waals surface area (Å²) in [5, 5.41) is 6.61. The van der Waals surface area contributed by atoms with E-state index in [1.807, 2.05) is 13.0 Å². The van der Waals surface area contributed by atoms with Crippen LogP contribution in [0.2, 0.25) is 0 Å². The normalized spacial score (nSPS) is 10.6. The van der Waals surface area contributed by atoms with Crippen LogP contribution in [0.15, 0.2) is 21.3 Å². The summed E-state index contributed by atoms with van der Waals surface area (Å²) in [7, 11) is 0. The number of aromatic amines is 1. The van der Waals surface area contributed by atoms with Gasteiger partial charge in [0.05, 0.1) is 11.9 Å². The first kappa shape index (κ1) is 8.37. The van der Waals surface area contributed by atoms with E-state index in [1.54, 1.807) is 6.20 Å². The van der Waals surface area contributed by atoms with E-state index >= 15 is 0 Å². The van der Waals surface area contributed by atoms with E-state index in [9.17, 15) is 0 Å². The highest BCUT2D eigenvalue weighted by atomic mass is 79.9. The van der Waals surface area contributed by atoms with Crippen LogP contribution in [0.5, 0.6) is 0 Å². The number of halogens is 1. The predicted octanol–water partition coefficient (Wildman–Crippen LogP) is 2.32. The smallest absolute Gasteiger partial charge is 0.170 e. The van der Waals surface area contributed by atoms with Gasteiger partial charge in [0.25, 0.3) is 0 Å². The quantitative estimate of drug-likeness (QED) is 0.806. The van der Waals surface area contributed by atoms with Gasteiger partial charge in [-0.15, -0.1) is 0 Å². The highest BCUT2D eigenvalue weighted by Gasteiger charge is 2.12. The zero-order valence-corrected chi connectivity index (χ0v) is 8.55. The monoisotopic (exact) mass is 241 g/mol. The highest BCUT2D eigenvalue weighted by Crippen LogP contribution is 2.30. The minimum Gasteiger partial charge on any atom is -0.447 e. The number of hydrogen-bond acceptors (Lipinski definition) is 3. The summed E-state index contributed by atoms with van der Waals surface area (Å²) in [5.74, 6) is 0.724. The molecule has 0 saturated carbocycles. The molecule has 2 rings (SSSR count). The number of aryl methyl sites for hydroxylation is 1. The maximum absolute atomic E-state index is 5.68. The minimum absolute atomic E-state index is 0.588. The number of aromatic nitrogens is 2. The second-order valence-corrected chi connectivity index (χ2v) is 3.54. The molecular weight excluding hydrogens is 234 g/mol. The molecule has 5 heteroatoms. The van der Waals surface area contributed by atoms with Gasteiger partial charge in [-0.2, -0.15) is 5.10 Å². The third-order valence-corrected chi connectivity index (χ3v) is 2.17. The van der Waals surface area contributed by atoms with Gasteiger partial charge >= 0.3 is 0 Å². The Kier molecular flexibility index (Phi) is 1.88. The number of furan rings is 1.